The van der Waals surface area contributed by atoms with Crippen LogP contribution in [-0.4, -0.2) is 43.3 Å². The zero-order chi connectivity index (χ0) is 28.3. The van der Waals surface area contributed by atoms with Crippen LogP contribution in [0.3, 0.4) is 0 Å². The van der Waals surface area contributed by atoms with Crippen molar-refractivity contribution >= 4 is 31.7 Å². The molecule has 1 saturated heterocycles. The van der Waals surface area contributed by atoms with Gasteiger partial charge in [-0.3, -0.25) is 0 Å². The first-order valence-corrected chi connectivity index (χ1v) is 13.9. The van der Waals surface area contributed by atoms with Gasteiger partial charge in [0.15, 0.2) is 11.3 Å². The quantitative estimate of drug-likeness (QED) is 0.236. The smallest absolute Gasteiger partial charge is 0.354 e. The number of fused-ring (bicyclic) bond motifs is 1. The number of rotatable bonds is 10. The Morgan fingerprint density at radius 2 is 1.90 bits per heavy atom. The number of carboxylic acids is 1. The van der Waals surface area contributed by atoms with Crippen LogP contribution < -0.4 is 14.8 Å². The van der Waals surface area contributed by atoms with Crippen molar-refractivity contribution in [2.24, 2.45) is 0 Å². The topological polar surface area (TPSA) is 109 Å². The van der Waals surface area contributed by atoms with Crippen molar-refractivity contribution in [3.8, 4) is 22.8 Å². The third-order valence-electron chi connectivity index (χ3n) is 7.02. The van der Waals surface area contributed by atoms with E-state index >= 15 is 0 Å². The summed E-state index contributed by atoms with van der Waals surface area (Å²) in [6, 6.07) is 21.1. The Morgan fingerprint density at radius 1 is 1.05 bits per heavy atom. The lowest BCUT2D eigenvalue weighted by Crippen LogP contribution is -2.32. The summed E-state index contributed by atoms with van der Waals surface area (Å²) in [6.07, 6.45) is 2.66. The third-order valence-corrected chi connectivity index (χ3v) is 7.55. The molecule has 1 aliphatic rings. The average Bonchev–Trinajstić information content (AvgIpc) is 3.30. The molecule has 0 bridgehead atoms. The summed E-state index contributed by atoms with van der Waals surface area (Å²) in [5.74, 6) is 0.750. The van der Waals surface area contributed by atoms with Gasteiger partial charge in [0.05, 0.1) is 12.6 Å². The first-order chi connectivity index (χ1) is 19.9. The number of nitrogens with zero attached hydrogens (tertiary/aromatic N) is 4. The molecule has 2 aromatic carbocycles. The number of hydrogen-bond acceptors (Lipinski definition) is 7. The fraction of sp³-hybridized carbons (Fsp3) is 0.226. The Kier molecular flexibility index (Phi) is 7.63. The van der Waals surface area contributed by atoms with Crippen LogP contribution in [0.4, 0.5) is 0 Å². The van der Waals surface area contributed by atoms with E-state index in [0.717, 1.165) is 34.2 Å². The van der Waals surface area contributed by atoms with E-state index in [4.69, 9.17) is 14.2 Å². The molecule has 9 nitrogen and oxygen atoms in total. The van der Waals surface area contributed by atoms with Gasteiger partial charge in [0, 0.05) is 18.9 Å². The van der Waals surface area contributed by atoms with E-state index < -0.39 is 5.97 Å². The largest absolute Gasteiger partial charge is 0.489 e. The van der Waals surface area contributed by atoms with Crippen LogP contribution in [0.2, 0.25) is 0 Å². The third kappa shape index (κ3) is 6.06. The van der Waals surface area contributed by atoms with Crippen LogP contribution in [0.25, 0.3) is 22.3 Å². The molecule has 2 atom stereocenters. The number of benzene rings is 2. The molecule has 1 unspecified atom stereocenters. The summed E-state index contributed by atoms with van der Waals surface area (Å²) in [4.78, 5) is 24.9. The summed E-state index contributed by atoms with van der Waals surface area (Å²) in [7, 11) is 2.77. The van der Waals surface area contributed by atoms with Gasteiger partial charge in [-0.15, -0.1) is 9.24 Å². The average molecular weight is 569 g/mol. The van der Waals surface area contributed by atoms with Crippen molar-refractivity contribution in [3.05, 3.63) is 95.6 Å². The second kappa shape index (κ2) is 11.6. The molecule has 1 aliphatic heterocycles. The van der Waals surface area contributed by atoms with Gasteiger partial charge in [0.2, 0.25) is 5.88 Å². The highest BCUT2D eigenvalue weighted by Crippen LogP contribution is 2.27. The summed E-state index contributed by atoms with van der Waals surface area (Å²) in [6.45, 7) is 3.92. The number of imidazole rings is 1. The number of aromatic nitrogens is 4. The van der Waals surface area contributed by atoms with E-state index in [1.807, 2.05) is 41.0 Å². The molecule has 0 aliphatic carbocycles. The number of aromatic carboxylic acids is 1. The summed E-state index contributed by atoms with van der Waals surface area (Å²) >= 11 is 0. The van der Waals surface area contributed by atoms with E-state index in [1.165, 1.54) is 11.6 Å². The Balaban J connectivity index is 1.19. The van der Waals surface area contributed by atoms with E-state index in [2.05, 4.69) is 49.3 Å². The highest BCUT2D eigenvalue weighted by molar-refractivity contribution is 7.27. The maximum absolute atomic E-state index is 11.5. The predicted molar refractivity (Wildman–Crippen MR) is 158 cm³/mol. The van der Waals surface area contributed by atoms with Crippen molar-refractivity contribution in [1.29, 1.82) is 0 Å². The van der Waals surface area contributed by atoms with Crippen molar-refractivity contribution in [3.63, 3.8) is 0 Å². The zero-order valence-corrected chi connectivity index (χ0v) is 23.6. The number of carbonyl (C=O) groups is 1. The first-order valence-electron chi connectivity index (χ1n) is 13.3. The molecule has 0 spiro atoms. The lowest BCUT2D eigenvalue weighted by molar-refractivity contribution is -0.0593. The van der Waals surface area contributed by atoms with Gasteiger partial charge < -0.3 is 23.9 Å². The number of ether oxygens (including phenoxy) is 3. The van der Waals surface area contributed by atoms with Crippen molar-refractivity contribution in [2.75, 3.05) is 6.61 Å². The second-order valence-electron chi connectivity index (χ2n) is 9.95. The lowest BCUT2D eigenvalue weighted by Gasteiger charge is -2.27. The van der Waals surface area contributed by atoms with Gasteiger partial charge in [0.1, 0.15) is 30.3 Å². The molecule has 10 heteroatoms. The van der Waals surface area contributed by atoms with Crippen LogP contribution in [-0.2, 0) is 24.5 Å². The maximum Gasteiger partial charge on any atom is 0.354 e. The minimum Gasteiger partial charge on any atom is -0.489 e. The number of aryl methyl sites for hydroxylation is 1. The first kappa shape index (κ1) is 26.9. The molecule has 0 saturated carbocycles. The SMILES string of the molecule is Cc1ccc(COc2cccc(-c3ccnc(OCc4nc5ccc(C(=O)O)nc5n4C[C@@H]4CCO4)c3)c2)c(P)c1. The Bertz CT molecular complexity index is 1730. The van der Waals surface area contributed by atoms with Gasteiger partial charge in [-0.1, -0.05) is 35.9 Å². The number of hydrogen-bond donors (Lipinski definition) is 1. The second-order valence-corrected chi connectivity index (χ2v) is 10.6. The molecule has 1 N–H and O–H groups in total. The van der Waals surface area contributed by atoms with E-state index in [0.29, 0.717) is 42.6 Å². The van der Waals surface area contributed by atoms with Crippen LogP contribution in [0.5, 0.6) is 11.6 Å². The monoisotopic (exact) mass is 568 g/mol. The van der Waals surface area contributed by atoms with Crippen molar-refractivity contribution in [2.45, 2.75) is 39.2 Å². The van der Waals surface area contributed by atoms with Gasteiger partial charge in [-0.25, -0.2) is 19.7 Å². The fourth-order valence-corrected chi connectivity index (χ4v) is 5.12. The fourth-order valence-electron chi connectivity index (χ4n) is 4.68. The standard InChI is InChI=1S/C31H29N4O5P/c1-19-5-6-22(27(41)13-19)17-39-23-4-2-3-20(14-23)21-9-11-32-29(15-21)40-18-28-33-25-7-8-26(31(36)37)34-30(25)35(28)16-24-10-12-38-24/h2-9,11,13-15,24H,10,12,16-18,41H2,1H3,(H,36,37)/t24-/m0/s1. The van der Waals surface area contributed by atoms with Crippen LogP contribution in [0.1, 0.15) is 33.9 Å². The van der Waals surface area contributed by atoms with E-state index in [9.17, 15) is 9.90 Å². The number of pyridine rings is 2. The van der Waals surface area contributed by atoms with Gasteiger partial charge >= 0.3 is 5.97 Å². The molecule has 5 aromatic rings. The summed E-state index contributed by atoms with van der Waals surface area (Å²) in [5.41, 5.74) is 5.31. The summed E-state index contributed by atoms with van der Waals surface area (Å²) < 4.78 is 19.7. The highest BCUT2D eigenvalue weighted by Gasteiger charge is 2.23. The number of carboxylic acid groups (broad SMARTS) is 1. The molecule has 3 aromatic heterocycles. The van der Waals surface area contributed by atoms with Crippen LogP contribution in [0, 0.1) is 6.92 Å². The Labute approximate surface area is 239 Å². The Hall–Kier alpha value is -4.33. The predicted octanol–water partition coefficient (Wildman–Crippen LogP) is 4.95. The zero-order valence-electron chi connectivity index (χ0n) is 22.5. The molecular formula is C31H29N4O5P. The van der Waals surface area contributed by atoms with Crippen molar-refractivity contribution < 1.29 is 24.1 Å². The lowest BCUT2D eigenvalue weighted by atomic mass is 10.1. The van der Waals surface area contributed by atoms with Gasteiger partial charge in [-0.2, -0.15) is 0 Å². The molecular weight excluding hydrogens is 539 g/mol. The normalized spacial score (nSPS) is 14.5. The van der Waals surface area contributed by atoms with E-state index in [-0.39, 0.29) is 18.4 Å². The minimum atomic E-state index is -1.09. The van der Waals surface area contributed by atoms with Crippen molar-refractivity contribution in [1.82, 2.24) is 19.5 Å². The molecule has 208 valence electrons. The van der Waals surface area contributed by atoms with Crippen LogP contribution in [0.15, 0.2) is 72.9 Å². The molecule has 4 heterocycles. The summed E-state index contributed by atoms with van der Waals surface area (Å²) in [5, 5.41) is 10.5. The molecule has 0 radical (unpaired) electrons. The molecule has 6 rings (SSSR count). The molecule has 0 amide bonds. The maximum atomic E-state index is 11.5. The van der Waals surface area contributed by atoms with Gasteiger partial charge in [-0.05, 0) is 65.7 Å². The minimum absolute atomic E-state index is 0.0332. The Morgan fingerprint density at radius 3 is 2.68 bits per heavy atom. The van der Waals surface area contributed by atoms with Crippen LogP contribution >= 0.6 is 9.24 Å². The van der Waals surface area contributed by atoms with E-state index in [1.54, 1.807) is 12.3 Å². The highest BCUT2D eigenvalue weighted by atomic mass is 31.0. The molecule has 41 heavy (non-hydrogen) atoms. The molecule has 1 fully saturated rings. The van der Waals surface area contributed by atoms with Gasteiger partial charge in [0.25, 0.3) is 0 Å².